The Bertz CT molecular complexity index is 353. The number of nitrogens with zero attached hydrogens (tertiary/aromatic N) is 1. The van der Waals surface area contributed by atoms with Crippen molar-refractivity contribution in [2.45, 2.75) is 31.8 Å². The van der Waals surface area contributed by atoms with E-state index in [-0.39, 0.29) is 11.3 Å². The molecule has 1 aromatic rings. The summed E-state index contributed by atoms with van der Waals surface area (Å²) >= 11 is 5.95. The zero-order chi connectivity index (χ0) is 10.8. The van der Waals surface area contributed by atoms with Gasteiger partial charge in [-0.15, -0.1) is 11.6 Å². The average Bonchev–Trinajstić information content (AvgIpc) is 2.70. The lowest BCUT2D eigenvalue weighted by Crippen LogP contribution is -2.32. The van der Waals surface area contributed by atoms with Gasteiger partial charge in [0.1, 0.15) is 5.38 Å². The Morgan fingerprint density at radius 1 is 1.40 bits per heavy atom. The third-order valence-electron chi connectivity index (χ3n) is 2.78. The van der Waals surface area contributed by atoms with Gasteiger partial charge in [0.05, 0.1) is 0 Å². The van der Waals surface area contributed by atoms with Crippen LogP contribution in [0.2, 0.25) is 0 Å². The summed E-state index contributed by atoms with van der Waals surface area (Å²) in [6, 6.07) is 8.14. The summed E-state index contributed by atoms with van der Waals surface area (Å²) in [5.41, 5.74) is 2.48. The van der Waals surface area contributed by atoms with E-state index in [4.69, 9.17) is 11.6 Å². The maximum Gasteiger partial charge on any atom is 0.241 e. The third kappa shape index (κ3) is 2.00. The monoisotopic (exact) mass is 223 g/mol. The van der Waals surface area contributed by atoms with Crippen molar-refractivity contribution < 1.29 is 4.79 Å². The molecule has 2 rings (SSSR count). The van der Waals surface area contributed by atoms with E-state index in [1.54, 1.807) is 0 Å². The number of carbonyl (C=O) groups excluding carboxylic acids is 1. The van der Waals surface area contributed by atoms with Crippen molar-refractivity contribution in [3.8, 4) is 0 Å². The molecule has 1 amide bonds. The molecular weight excluding hydrogens is 210 g/mol. The van der Waals surface area contributed by atoms with Crippen LogP contribution in [-0.2, 0) is 17.9 Å². The van der Waals surface area contributed by atoms with Crippen molar-refractivity contribution in [3.05, 3.63) is 35.4 Å². The van der Waals surface area contributed by atoms with Gasteiger partial charge >= 0.3 is 0 Å². The fourth-order valence-electron chi connectivity index (χ4n) is 1.86. The molecule has 0 aliphatic carbocycles. The van der Waals surface area contributed by atoms with Gasteiger partial charge in [0.2, 0.25) is 5.91 Å². The number of amides is 1. The topological polar surface area (TPSA) is 20.3 Å². The minimum absolute atomic E-state index is 0.0513. The van der Waals surface area contributed by atoms with Crippen molar-refractivity contribution in [1.82, 2.24) is 4.90 Å². The van der Waals surface area contributed by atoms with E-state index in [1.807, 2.05) is 24.0 Å². The molecule has 1 aliphatic rings. The normalized spacial score (nSPS) is 16.3. The summed E-state index contributed by atoms with van der Waals surface area (Å²) in [7, 11) is 0. The molecule has 0 bridgehead atoms. The summed E-state index contributed by atoms with van der Waals surface area (Å²) < 4.78 is 0. The van der Waals surface area contributed by atoms with Crippen molar-refractivity contribution in [2.24, 2.45) is 0 Å². The minimum atomic E-state index is -0.376. The smallest absolute Gasteiger partial charge is 0.241 e. The number of carbonyl (C=O) groups is 1. The Labute approximate surface area is 94.8 Å². The number of rotatable bonds is 2. The largest absolute Gasteiger partial charge is 0.333 e. The highest BCUT2D eigenvalue weighted by molar-refractivity contribution is 6.30. The maximum atomic E-state index is 11.8. The van der Waals surface area contributed by atoms with E-state index in [9.17, 15) is 4.79 Å². The molecule has 1 aliphatic heterocycles. The second-order valence-corrected chi connectivity index (χ2v) is 4.37. The van der Waals surface area contributed by atoms with E-state index in [0.717, 1.165) is 0 Å². The van der Waals surface area contributed by atoms with Crippen LogP contribution in [0.4, 0.5) is 0 Å². The molecule has 80 valence electrons. The van der Waals surface area contributed by atoms with Gasteiger partial charge in [0.15, 0.2) is 0 Å². The van der Waals surface area contributed by atoms with Gasteiger partial charge < -0.3 is 4.90 Å². The Balaban J connectivity index is 2.10. The van der Waals surface area contributed by atoms with Gasteiger partial charge in [-0.05, 0) is 17.5 Å². The molecule has 0 radical (unpaired) electrons. The first kappa shape index (κ1) is 10.5. The van der Waals surface area contributed by atoms with E-state index in [2.05, 4.69) is 12.1 Å². The second kappa shape index (κ2) is 4.23. The Kier molecular flexibility index (Phi) is 2.96. The summed E-state index contributed by atoms with van der Waals surface area (Å²) in [5, 5.41) is -0.376. The van der Waals surface area contributed by atoms with Crippen molar-refractivity contribution in [1.29, 1.82) is 0 Å². The standard InChI is InChI=1S/C12H14ClNO/c1-2-11(13)12(15)14-7-9-5-3-4-6-10(9)8-14/h3-6,11H,2,7-8H2,1H3/t11-/m0/s1. The van der Waals surface area contributed by atoms with Crippen LogP contribution in [0.25, 0.3) is 0 Å². The molecule has 1 atom stereocenters. The van der Waals surface area contributed by atoms with Crippen molar-refractivity contribution in [2.75, 3.05) is 0 Å². The van der Waals surface area contributed by atoms with Crippen LogP contribution >= 0.6 is 11.6 Å². The average molecular weight is 224 g/mol. The molecule has 0 saturated heterocycles. The summed E-state index contributed by atoms with van der Waals surface area (Å²) in [5.74, 6) is 0.0513. The predicted molar refractivity (Wildman–Crippen MR) is 60.6 cm³/mol. The summed E-state index contributed by atoms with van der Waals surface area (Å²) in [6.45, 7) is 3.34. The summed E-state index contributed by atoms with van der Waals surface area (Å²) in [4.78, 5) is 13.7. The van der Waals surface area contributed by atoms with Crippen molar-refractivity contribution >= 4 is 17.5 Å². The molecule has 3 heteroatoms. The molecule has 0 aromatic heterocycles. The van der Waals surface area contributed by atoms with Crippen LogP contribution in [0.3, 0.4) is 0 Å². The lowest BCUT2D eigenvalue weighted by molar-refractivity contribution is -0.131. The first-order valence-corrected chi connectivity index (χ1v) is 5.65. The SMILES string of the molecule is CC[C@H](Cl)C(=O)N1Cc2ccccc2C1. The quantitative estimate of drug-likeness (QED) is 0.706. The zero-order valence-electron chi connectivity index (χ0n) is 8.74. The number of fused-ring (bicyclic) bond motifs is 1. The number of halogens is 1. The van der Waals surface area contributed by atoms with Gasteiger partial charge in [-0.1, -0.05) is 31.2 Å². The van der Waals surface area contributed by atoms with Crippen LogP contribution < -0.4 is 0 Å². The van der Waals surface area contributed by atoms with Crippen LogP contribution in [0.15, 0.2) is 24.3 Å². The number of benzene rings is 1. The van der Waals surface area contributed by atoms with Gasteiger partial charge in [-0.2, -0.15) is 0 Å². The van der Waals surface area contributed by atoms with Gasteiger partial charge in [-0.25, -0.2) is 0 Å². The molecule has 1 heterocycles. The van der Waals surface area contributed by atoms with Crippen LogP contribution in [0, 0.1) is 0 Å². The molecule has 0 spiro atoms. The molecule has 0 saturated carbocycles. The van der Waals surface area contributed by atoms with Gasteiger partial charge in [0.25, 0.3) is 0 Å². The first-order chi connectivity index (χ1) is 7.22. The highest BCUT2D eigenvalue weighted by Crippen LogP contribution is 2.23. The van der Waals surface area contributed by atoms with Crippen LogP contribution in [-0.4, -0.2) is 16.2 Å². The van der Waals surface area contributed by atoms with Crippen LogP contribution in [0.5, 0.6) is 0 Å². The Morgan fingerprint density at radius 3 is 2.40 bits per heavy atom. The molecule has 1 aromatic carbocycles. The first-order valence-electron chi connectivity index (χ1n) is 5.22. The lowest BCUT2D eigenvalue weighted by Gasteiger charge is -2.17. The molecule has 2 nitrogen and oxygen atoms in total. The molecule has 0 fully saturated rings. The van der Waals surface area contributed by atoms with E-state index < -0.39 is 0 Å². The number of hydrogen-bond donors (Lipinski definition) is 0. The lowest BCUT2D eigenvalue weighted by atomic mass is 10.1. The van der Waals surface area contributed by atoms with Crippen LogP contribution in [0.1, 0.15) is 24.5 Å². The highest BCUT2D eigenvalue weighted by atomic mass is 35.5. The summed E-state index contributed by atoms with van der Waals surface area (Å²) in [6.07, 6.45) is 0.688. The van der Waals surface area contributed by atoms with E-state index in [1.165, 1.54) is 11.1 Å². The number of hydrogen-bond acceptors (Lipinski definition) is 1. The van der Waals surface area contributed by atoms with Gasteiger partial charge in [-0.3, -0.25) is 4.79 Å². The molecular formula is C12H14ClNO. The number of alkyl halides is 1. The predicted octanol–water partition coefficient (Wildman–Crippen LogP) is 2.55. The zero-order valence-corrected chi connectivity index (χ0v) is 9.50. The Hall–Kier alpha value is -1.02. The molecule has 0 N–H and O–H groups in total. The second-order valence-electron chi connectivity index (χ2n) is 3.84. The van der Waals surface area contributed by atoms with Crippen molar-refractivity contribution in [3.63, 3.8) is 0 Å². The fourth-order valence-corrected chi connectivity index (χ4v) is 2.00. The van der Waals surface area contributed by atoms with Gasteiger partial charge in [0, 0.05) is 13.1 Å². The molecule has 15 heavy (non-hydrogen) atoms. The fraction of sp³-hybridized carbons (Fsp3) is 0.417. The van der Waals surface area contributed by atoms with E-state index >= 15 is 0 Å². The third-order valence-corrected chi connectivity index (χ3v) is 3.27. The Morgan fingerprint density at radius 2 is 1.93 bits per heavy atom. The minimum Gasteiger partial charge on any atom is -0.333 e. The highest BCUT2D eigenvalue weighted by Gasteiger charge is 2.26. The van der Waals surface area contributed by atoms with E-state index in [0.29, 0.717) is 19.5 Å². The maximum absolute atomic E-state index is 11.8. The molecule has 0 unspecified atom stereocenters.